The van der Waals surface area contributed by atoms with Crippen LogP contribution >= 0.6 is 0 Å². The lowest BCUT2D eigenvalue weighted by atomic mass is 9.66. The zero-order chi connectivity index (χ0) is 20.6. The van der Waals surface area contributed by atoms with E-state index in [1.165, 1.54) is 62.4 Å². The van der Waals surface area contributed by atoms with Crippen LogP contribution < -0.4 is 5.32 Å². The molecule has 1 N–H and O–H groups in total. The van der Waals surface area contributed by atoms with Crippen LogP contribution in [0.5, 0.6) is 0 Å². The molecule has 1 aliphatic rings. The van der Waals surface area contributed by atoms with Gasteiger partial charge in [0.15, 0.2) is 0 Å². The third-order valence-corrected chi connectivity index (χ3v) is 5.43. The van der Waals surface area contributed by atoms with Crippen molar-refractivity contribution < 1.29 is 18.6 Å². The Morgan fingerprint density at radius 1 is 0.786 bits per heavy atom. The standard InChI is InChI=1S/C19H19F2N3O4/c1-19(2)17(23(25)26)15(11-3-7-13(20)8-4-11)22-16(18(19)24(27)28)12-5-9-14(21)10-6-12/h3-10,15-18,22H,1-2H3/t15-,16+,17+,18-. The summed E-state index contributed by atoms with van der Waals surface area (Å²) in [6.45, 7) is 2.98. The SMILES string of the molecule is CC1(C)[C@@H]([N+](=O)[O-])[C@@H](c2ccc(F)cc2)N[C@@H](c2ccc(F)cc2)[C@H]1[N+](=O)[O-]. The van der Waals surface area contributed by atoms with E-state index in [0.717, 1.165) is 0 Å². The van der Waals surface area contributed by atoms with Crippen molar-refractivity contribution in [1.29, 1.82) is 0 Å². The highest BCUT2D eigenvalue weighted by atomic mass is 19.1. The number of piperidine rings is 1. The number of rotatable bonds is 4. The van der Waals surface area contributed by atoms with Crippen LogP contribution in [-0.2, 0) is 0 Å². The van der Waals surface area contributed by atoms with Crippen molar-refractivity contribution >= 4 is 0 Å². The first-order chi connectivity index (χ1) is 13.1. The van der Waals surface area contributed by atoms with Crippen LogP contribution in [0.15, 0.2) is 48.5 Å². The smallest absolute Gasteiger partial charge is 0.243 e. The van der Waals surface area contributed by atoms with Gasteiger partial charge in [-0.15, -0.1) is 0 Å². The Morgan fingerprint density at radius 2 is 1.11 bits per heavy atom. The molecule has 1 saturated heterocycles. The van der Waals surface area contributed by atoms with Gasteiger partial charge in [-0.05, 0) is 49.2 Å². The predicted octanol–water partition coefficient (Wildman–Crippen LogP) is 3.67. The summed E-state index contributed by atoms with van der Waals surface area (Å²) in [5.41, 5.74) is -0.453. The van der Waals surface area contributed by atoms with Crippen molar-refractivity contribution in [2.75, 3.05) is 0 Å². The minimum atomic E-state index is -1.35. The quantitative estimate of drug-likeness (QED) is 0.633. The largest absolute Gasteiger partial charge is 0.291 e. The van der Waals surface area contributed by atoms with Gasteiger partial charge in [-0.2, -0.15) is 0 Å². The molecule has 3 rings (SSSR count). The van der Waals surface area contributed by atoms with Crippen molar-refractivity contribution in [3.8, 4) is 0 Å². The van der Waals surface area contributed by atoms with Crippen LogP contribution in [0.1, 0.15) is 37.1 Å². The highest BCUT2D eigenvalue weighted by Gasteiger charge is 2.62. The van der Waals surface area contributed by atoms with Gasteiger partial charge in [-0.25, -0.2) is 8.78 Å². The van der Waals surface area contributed by atoms with E-state index in [4.69, 9.17) is 0 Å². The Morgan fingerprint density at radius 3 is 1.39 bits per heavy atom. The molecule has 4 atom stereocenters. The van der Waals surface area contributed by atoms with Gasteiger partial charge in [-0.3, -0.25) is 25.5 Å². The topological polar surface area (TPSA) is 98.3 Å². The molecule has 28 heavy (non-hydrogen) atoms. The fourth-order valence-corrected chi connectivity index (χ4v) is 4.09. The summed E-state index contributed by atoms with van der Waals surface area (Å²) < 4.78 is 26.7. The van der Waals surface area contributed by atoms with Gasteiger partial charge in [0, 0.05) is 9.85 Å². The van der Waals surface area contributed by atoms with Gasteiger partial charge in [0.25, 0.3) is 0 Å². The Labute approximate surface area is 159 Å². The lowest BCUT2D eigenvalue weighted by Crippen LogP contribution is -2.63. The molecule has 0 aromatic heterocycles. The molecule has 0 bridgehead atoms. The number of hydrogen-bond donors (Lipinski definition) is 1. The van der Waals surface area contributed by atoms with Crippen LogP contribution in [0.25, 0.3) is 0 Å². The molecule has 0 unspecified atom stereocenters. The summed E-state index contributed by atoms with van der Waals surface area (Å²) in [4.78, 5) is 22.7. The van der Waals surface area contributed by atoms with E-state index in [2.05, 4.69) is 5.32 Å². The van der Waals surface area contributed by atoms with E-state index in [0.29, 0.717) is 11.1 Å². The average Bonchev–Trinajstić information content (AvgIpc) is 2.60. The normalized spacial score (nSPS) is 26.6. The molecular formula is C19H19F2N3O4. The fraction of sp³-hybridized carbons (Fsp3) is 0.368. The summed E-state index contributed by atoms with van der Waals surface area (Å²) in [7, 11) is 0. The molecule has 148 valence electrons. The molecule has 9 heteroatoms. The monoisotopic (exact) mass is 391 g/mol. The molecule has 1 fully saturated rings. The first-order valence-electron chi connectivity index (χ1n) is 8.67. The first kappa shape index (κ1) is 19.8. The molecule has 0 spiro atoms. The third kappa shape index (κ3) is 3.45. The molecule has 1 aliphatic heterocycles. The number of benzene rings is 2. The second kappa shape index (κ2) is 7.23. The molecule has 0 radical (unpaired) electrons. The van der Waals surface area contributed by atoms with Crippen molar-refractivity contribution in [3.63, 3.8) is 0 Å². The van der Waals surface area contributed by atoms with Crippen molar-refractivity contribution in [2.24, 2.45) is 5.41 Å². The van der Waals surface area contributed by atoms with Gasteiger partial charge < -0.3 is 0 Å². The zero-order valence-corrected chi connectivity index (χ0v) is 15.2. The molecular weight excluding hydrogens is 372 g/mol. The van der Waals surface area contributed by atoms with Crippen LogP contribution in [-0.4, -0.2) is 21.9 Å². The van der Waals surface area contributed by atoms with E-state index in [1.54, 1.807) is 0 Å². The van der Waals surface area contributed by atoms with Crippen LogP contribution in [0.2, 0.25) is 0 Å². The van der Waals surface area contributed by atoms with Crippen molar-refractivity contribution in [2.45, 2.75) is 38.0 Å². The van der Waals surface area contributed by atoms with Crippen LogP contribution in [0.3, 0.4) is 0 Å². The molecule has 7 nitrogen and oxygen atoms in total. The molecule has 2 aromatic carbocycles. The van der Waals surface area contributed by atoms with E-state index < -0.39 is 51.1 Å². The zero-order valence-electron chi connectivity index (χ0n) is 15.2. The lowest BCUT2D eigenvalue weighted by molar-refractivity contribution is -0.605. The molecule has 0 saturated carbocycles. The maximum atomic E-state index is 13.3. The third-order valence-electron chi connectivity index (χ3n) is 5.43. The molecule has 0 aliphatic carbocycles. The average molecular weight is 391 g/mol. The van der Waals surface area contributed by atoms with Gasteiger partial charge >= 0.3 is 0 Å². The highest BCUT2D eigenvalue weighted by molar-refractivity contribution is 5.28. The van der Waals surface area contributed by atoms with Crippen molar-refractivity contribution in [3.05, 3.63) is 91.5 Å². The van der Waals surface area contributed by atoms with Crippen molar-refractivity contribution in [1.82, 2.24) is 5.32 Å². The van der Waals surface area contributed by atoms with Gasteiger partial charge in [0.2, 0.25) is 12.1 Å². The number of hydrogen-bond acceptors (Lipinski definition) is 5. The highest BCUT2D eigenvalue weighted by Crippen LogP contribution is 2.46. The van der Waals surface area contributed by atoms with E-state index >= 15 is 0 Å². The fourth-order valence-electron chi connectivity index (χ4n) is 4.09. The van der Waals surface area contributed by atoms with Crippen LogP contribution in [0, 0.1) is 37.3 Å². The Balaban J connectivity index is 2.14. The predicted molar refractivity (Wildman–Crippen MR) is 96.8 cm³/mol. The summed E-state index contributed by atoms with van der Waals surface area (Å²) in [5.74, 6) is -0.982. The van der Waals surface area contributed by atoms with E-state index in [9.17, 15) is 29.0 Å². The van der Waals surface area contributed by atoms with Gasteiger partial charge in [0.05, 0.1) is 0 Å². The molecule has 0 amide bonds. The number of nitrogens with zero attached hydrogens (tertiary/aromatic N) is 2. The maximum Gasteiger partial charge on any atom is 0.243 e. The minimum absolute atomic E-state index is 0.449. The van der Waals surface area contributed by atoms with Gasteiger partial charge in [0.1, 0.15) is 29.1 Å². The van der Waals surface area contributed by atoms with Gasteiger partial charge in [-0.1, -0.05) is 24.3 Å². The Kier molecular flexibility index (Phi) is 5.12. The van der Waals surface area contributed by atoms with E-state index in [1.807, 2.05) is 0 Å². The van der Waals surface area contributed by atoms with Crippen LogP contribution in [0.4, 0.5) is 8.78 Å². The lowest BCUT2D eigenvalue weighted by Gasteiger charge is -2.44. The summed E-state index contributed by atoms with van der Waals surface area (Å²) in [6, 6.07) is 6.01. The maximum absolute atomic E-state index is 13.3. The Bertz CT molecular complexity index is 816. The first-order valence-corrected chi connectivity index (χ1v) is 8.67. The number of nitro groups is 2. The van der Waals surface area contributed by atoms with E-state index in [-0.39, 0.29) is 0 Å². The number of halogens is 2. The summed E-state index contributed by atoms with van der Waals surface area (Å²) in [5, 5.41) is 26.8. The number of nitrogens with one attached hydrogen (secondary N) is 1. The second-order valence-corrected chi connectivity index (χ2v) is 7.51. The molecule has 1 heterocycles. The minimum Gasteiger partial charge on any atom is -0.291 e. The summed E-state index contributed by atoms with van der Waals surface area (Å²) >= 11 is 0. The second-order valence-electron chi connectivity index (χ2n) is 7.51. The summed E-state index contributed by atoms with van der Waals surface area (Å²) in [6.07, 6.45) is 0. The molecule has 2 aromatic rings. The Hall–Kier alpha value is -2.94.